The molecule has 21 heavy (non-hydrogen) atoms. The van der Waals surface area contributed by atoms with E-state index >= 15 is 0 Å². The lowest BCUT2D eigenvalue weighted by atomic mass is 10.2. The molecular weight excluding hydrogens is 320 g/mol. The molecule has 0 heterocycles. The summed E-state index contributed by atoms with van der Waals surface area (Å²) in [4.78, 5) is 0. The van der Waals surface area contributed by atoms with Crippen molar-refractivity contribution in [2.75, 3.05) is 0 Å². The molecular formula is C13H18F7P. The van der Waals surface area contributed by atoms with Gasteiger partial charge in [0.1, 0.15) is 0 Å². The summed E-state index contributed by atoms with van der Waals surface area (Å²) in [5.74, 6) is -19.1. The lowest BCUT2D eigenvalue weighted by molar-refractivity contribution is -0.266. The predicted molar refractivity (Wildman–Crippen MR) is 69.4 cm³/mol. The van der Waals surface area contributed by atoms with Crippen molar-refractivity contribution < 1.29 is 30.7 Å². The van der Waals surface area contributed by atoms with Gasteiger partial charge < -0.3 is 0 Å². The largest absolute Gasteiger partial charge is 0.383 e. The first kappa shape index (κ1) is 18.7. The third-order valence-corrected chi connectivity index (χ3v) is 6.74. The molecule has 0 spiro atoms. The maximum absolute atomic E-state index is 13.9. The van der Waals surface area contributed by atoms with Gasteiger partial charge in [0.2, 0.25) is 0 Å². The predicted octanol–water partition coefficient (Wildman–Crippen LogP) is 6.17. The minimum absolute atomic E-state index is 1.04. The van der Waals surface area contributed by atoms with Gasteiger partial charge in [-0.15, -0.1) is 0 Å². The minimum atomic E-state index is -5.75. The van der Waals surface area contributed by atoms with Crippen molar-refractivity contribution in [2.24, 2.45) is 0 Å². The van der Waals surface area contributed by atoms with Gasteiger partial charge >= 0.3 is 17.8 Å². The second kappa shape index (κ2) is 4.59. The fourth-order valence-corrected chi connectivity index (χ4v) is 6.80. The number of hydrogen-bond donors (Lipinski definition) is 0. The number of rotatable bonds is 1. The number of allylic oxidation sites excluding steroid dienone is 2. The van der Waals surface area contributed by atoms with Gasteiger partial charge in [0.15, 0.2) is 5.83 Å². The normalized spacial score (nSPS) is 24.9. The molecule has 8 heteroatoms. The first-order valence-corrected chi connectivity index (χ1v) is 7.59. The molecule has 0 unspecified atom stereocenters. The molecule has 0 fully saturated rings. The molecule has 1 aliphatic carbocycles. The van der Waals surface area contributed by atoms with E-state index in [0.717, 1.165) is 0 Å². The Morgan fingerprint density at radius 3 is 1.24 bits per heavy atom. The summed E-state index contributed by atoms with van der Waals surface area (Å²) in [6.07, 6.45) is 0. The van der Waals surface area contributed by atoms with Gasteiger partial charge in [-0.1, -0.05) is 49.5 Å². The summed E-state index contributed by atoms with van der Waals surface area (Å²) in [6.45, 7) is 8.72. The van der Waals surface area contributed by atoms with Crippen LogP contribution < -0.4 is 0 Å². The lowest BCUT2D eigenvalue weighted by Gasteiger charge is -2.43. The summed E-state index contributed by atoms with van der Waals surface area (Å²) in [5.41, 5.74) is 0. The summed E-state index contributed by atoms with van der Waals surface area (Å²) in [5, 5.41) is -3.80. The molecule has 0 aromatic heterocycles. The van der Waals surface area contributed by atoms with E-state index in [1.54, 1.807) is 0 Å². The van der Waals surface area contributed by atoms with Crippen LogP contribution in [0.2, 0.25) is 0 Å². The van der Waals surface area contributed by atoms with Gasteiger partial charge in [0, 0.05) is 0 Å². The van der Waals surface area contributed by atoms with Crippen LogP contribution in [0.1, 0.15) is 41.5 Å². The zero-order chi connectivity index (χ0) is 17.2. The molecule has 0 saturated heterocycles. The third kappa shape index (κ3) is 2.49. The summed E-state index contributed by atoms with van der Waals surface area (Å²) >= 11 is 0. The van der Waals surface area contributed by atoms with Crippen molar-refractivity contribution in [3.05, 3.63) is 11.1 Å². The first-order chi connectivity index (χ1) is 8.90. The van der Waals surface area contributed by atoms with Crippen molar-refractivity contribution in [1.82, 2.24) is 0 Å². The van der Waals surface area contributed by atoms with Crippen LogP contribution in [0.3, 0.4) is 0 Å². The quantitative estimate of drug-likeness (QED) is 0.396. The van der Waals surface area contributed by atoms with E-state index in [9.17, 15) is 30.7 Å². The first-order valence-electron chi connectivity index (χ1n) is 6.24. The standard InChI is InChI=1S/C13H18F7P/c1-9(2,3)21(10(4,5)6)8-7(14)11(15,16)13(19,20)12(8,17)18/h1-6H3. The fraction of sp³-hybridized carbons (Fsp3) is 0.846. The van der Waals surface area contributed by atoms with Gasteiger partial charge in [-0.05, 0) is 10.3 Å². The van der Waals surface area contributed by atoms with Gasteiger partial charge in [-0.3, -0.25) is 0 Å². The van der Waals surface area contributed by atoms with E-state index in [2.05, 4.69) is 0 Å². The van der Waals surface area contributed by atoms with Crippen LogP contribution in [0, 0.1) is 0 Å². The lowest BCUT2D eigenvalue weighted by Crippen LogP contribution is -2.49. The second-order valence-corrected chi connectivity index (χ2v) is 10.9. The Balaban J connectivity index is 3.70. The van der Waals surface area contributed by atoms with Crippen molar-refractivity contribution in [3.63, 3.8) is 0 Å². The molecule has 0 radical (unpaired) electrons. The summed E-state index contributed by atoms with van der Waals surface area (Å²) in [7, 11) is -2.29. The smallest absolute Gasteiger partial charge is 0.204 e. The molecule has 0 aliphatic heterocycles. The molecule has 0 nitrogen and oxygen atoms in total. The summed E-state index contributed by atoms with van der Waals surface area (Å²) in [6, 6.07) is 0. The topological polar surface area (TPSA) is 0 Å². The van der Waals surface area contributed by atoms with E-state index < -0.39 is 47.1 Å². The Labute approximate surface area is 120 Å². The Hall–Kier alpha value is -0.320. The van der Waals surface area contributed by atoms with Crippen LogP contribution >= 0.6 is 7.92 Å². The maximum atomic E-state index is 13.9. The van der Waals surface area contributed by atoms with E-state index in [1.807, 2.05) is 0 Å². The zero-order valence-corrected chi connectivity index (χ0v) is 13.5. The molecule has 0 bridgehead atoms. The molecule has 0 N–H and O–H groups in total. The number of halogens is 7. The second-order valence-electron chi connectivity index (χ2n) is 7.06. The van der Waals surface area contributed by atoms with Crippen molar-refractivity contribution in [1.29, 1.82) is 0 Å². The minimum Gasteiger partial charge on any atom is -0.204 e. The maximum Gasteiger partial charge on any atom is 0.383 e. The van der Waals surface area contributed by atoms with Crippen LogP contribution in [0.15, 0.2) is 11.1 Å². The molecule has 1 aliphatic rings. The third-order valence-electron chi connectivity index (χ3n) is 3.13. The molecule has 0 saturated carbocycles. The van der Waals surface area contributed by atoms with Gasteiger partial charge in [0.05, 0.1) is 5.31 Å². The van der Waals surface area contributed by atoms with Gasteiger partial charge in [-0.25, -0.2) is 4.39 Å². The van der Waals surface area contributed by atoms with Crippen LogP contribution in [-0.4, -0.2) is 28.1 Å². The molecule has 124 valence electrons. The number of alkyl halides is 6. The highest BCUT2D eigenvalue weighted by molar-refractivity contribution is 7.65. The van der Waals surface area contributed by atoms with E-state index in [4.69, 9.17) is 0 Å². The van der Waals surface area contributed by atoms with Crippen LogP contribution in [0.25, 0.3) is 0 Å². The Bertz CT molecular complexity index is 452. The van der Waals surface area contributed by atoms with Crippen molar-refractivity contribution in [2.45, 2.75) is 69.6 Å². The Morgan fingerprint density at radius 2 is 1.05 bits per heavy atom. The van der Waals surface area contributed by atoms with Crippen LogP contribution in [0.4, 0.5) is 30.7 Å². The Morgan fingerprint density at radius 1 is 0.714 bits per heavy atom. The number of hydrogen-bond acceptors (Lipinski definition) is 0. The van der Waals surface area contributed by atoms with E-state index in [-0.39, 0.29) is 0 Å². The highest BCUT2D eigenvalue weighted by atomic mass is 31.1. The van der Waals surface area contributed by atoms with Crippen molar-refractivity contribution >= 4 is 7.92 Å². The zero-order valence-electron chi connectivity index (χ0n) is 12.6. The molecule has 1 rings (SSSR count). The molecule has 0 aromatic carbocycles. The Kier molecular flexibility index (Phi) is 4.09. The fourth-order valence-electron chi connectivity index (χ4n) is 2.69. The average Bonchev–Trinajstić information content (AvgIpc) is 2.26. The average molecular weight is 338 g/mol. The summed E-state index contributed by atoms with van der Waals surface area (Å²) < 4.78 is 95.1. The van der Waals surface area contributed by atoms with Crippen LogP contribution in [0.5, 0.6) is 0 Å². The SMILES string of the molecule is CC(C)(C)P(C1=C(F)C(F)(F)C(F)(F)C1(F)F)C(C)(C)C. The van der Waals surface area contributed by atoms with Crippen LogP contribution in [-0.2, 0) is 0 Å². The molecule has 0 aromatic rings. The van der Waals surface area contributed by atoms with Gasteiger partial charge in [0.25, 0.3) is 0 Å². The molecule has 0 atom stereocenters. The molecule has 0 amide bonds. The van der Waals surface area contributed by atoms with E-state index in [1.165, 1.54) is 41.5 Å². The monoisotopic (exact) mass is 338 g/mol. The van der Waals surface area contributed by atoms with E-state index in [0.29, 0.717) is 0 Å². The van der Waals surface area contributed by atoms with Gasteiger partial charge in [-0.2, -0.15) is 26.3 Å². The highest BCUT2D eigenvalue weighted by Crippen LogP contribution is 2.75. The van der Waals surface area contributed by atoms with Crippen molar-refractivity contribution in [3.8, 4) is 0 Å². The highest BCUT2D eigenvalue weighted by Gasteiger charge is 2.82.